The summed E-state index contributed by atoms with van der Waals surface area (Å²) in [5, 5.41) is 25.0. The lowest BCUT2D eigenvalue weighted by Gasteiger charge is -2.22. The molecule has 0 amide bonds. The summed E-state index contributed by atoms with van der Waals surface area (Å²) in [6.07, 6.45) is -1.60. The van der Waals surface area contributed by atoms with E-state index in [9.17, 15) is 0 Å². The van der Waals surface area contributed by atoms with E-state index in [2.05, 4.69) is 0 Å². The smallest absolute Gasteiger partial charge is 0.176 e. The molecule has 2 unspecified atom stereocenters. The van der Waals surface area contributed by atoms with E-state index < -0.39 is 18.6 Å². The Bertz CT molecular complexity index is 72.9. The molecule has 0 aliphatic carbocycles. The van der Waals surface area contributed by atoms with Crippen molar-refractivity contribution in [2.45, 2.75) is 12.0 Å². The van der Waals surface area contributed by atoms with Gasteiger partial charge in [0.05, 0.1) is 6.61 Å². The summed E-state index contributed by atoms with van der Waals surface area (Å²) in [5.41, 5.74) is 7.42. The highest BCUT2D eigenvalue weighted by atomic mass is 16.4. The van der Waals surface area contributed by atoms with Crippen molar-refractivity contribution in [3.05, 3.63) is 0 Å². The van der Waals surface area contributed by atoms with Crippen LogP contribution in [0.5, 0.6) is 0 Å². The Labute approximate surface area is 46.5 Å². The predicted octanol–water partition coefficient (Wildman–Crippen LogP) is -3.10. The summed E-state index contributed by atoms with van der Waals surface area (Å²) in [5.74, 6) is 0. The average molecular weight is 122 g/mol. The van der Waals surface area contributed by atoms with Crippen LogP contribution in [0.1, 0.15) is 0 Å². The minimum atomic E-state index is -2.07. The van der Waals surface area contributed by atoms with E-state index in [0.29, 0.717) is 0 Å². The molecular formula is C3H10N2O3. The molecule has 50 valence electrons. The molecule has 2 atom stereocenters. The number of aliphatic hydroxyl groups excluding tert-OH is 2. The molecule has 0 heterocycles. The molecule has 0 aliphatic rings. The van der Waals surface area contributed by atoms with Crippen molar-refractivity contribution >= 4 is 0 Å². The van der Waals surface area contributed by atoms with Gasteiger partial charge in [-0.25, -0.2) is 0 Å². The van der Waals surface area contributed by atoms with Crippen molar-refractivity contribution < 1.29 is 15.3 Å². The van der Waals surface area contributed by atoms with Gasteiger partial charge in [0.15, 0.2) is 5.72 Å². The van der Waals surface area contributed by atoms with Gasteiger partial charge in [-0.1, -0.05) is 0 Å². The van der Waals surface area contributed by atoms with Crippen molar-refractivity contribution in [3.8, 4) is 0 Å². The third-order valence-corrected chi connectivity index (χ3v) is 0.765. The Kier molecular flexibility index (Phi) is 2.32. The highest BCUT2D eigenvalue weighted by Crippen LogP contribution is 1.93. The van der Waals surface area contributed by atoms with Gasteiger partial charge >= 0.3 is 0 Å². The van der Waals surface area contributed by atoms with Gasteiger partial charge in [0.25, 0.3) is 0 Å². The van der Waals surface area contributed by atoms with E-state index >= 15 is 0 Å². The van der Waals surface area contributed by atoms with Gasteiger partial charge in [0, 0.05) is 0 Å². The van der Waals surface area contributed by atoms with E-state index in [1.54, 1.807) is 0 Å². The molecule has 0 aromatic carbocycles. The molecule has 0 bridgehead atoms. The molecular weight excluding hydrogens is 112 g/mol. The topological polar surface area (TPSA) is 113 Å². The zero-order valence-corrected chi connectivity index (χ0v) is 4.28. The first kappa shape index (κ1) is 7.80. The zero-order chi connectivity index (χ0) is 6.78. The van der Waals surface area contributed by atoms with Crippen LogP contribution in [0.3, 0.4) is 0 Å². The van der Waals surface area contributed by atoms with E-state index in [1.807, 2.05) is 0 Å². The molecule has 7 N–H and O–H groups in total. The molecule has 5 heteroatoms. The van der Waals surface area contributed by atoms with Crippen LogP contribution in [0.2, 0.25) is 0 Å². The fourth-order valence-corrected chi connectivity index (χ4v) is 0.0935. The first-order chi connectivity index (χ1) is 3.50. The molecule has 0 spiro atoms. The number of nitrogens with two attached hydrogens (primary N) is 2. The van der Waals surface area contributed by atoms with Crippen LogP contribution in [-0.4, -0.2) is 33.9 Å². The van der Waals surface area contributed by atoms with Crippen LogP contribution in [-0.2, 0) is 0 Å². The highest BCUT2D eigenvalue weighted by Gasteiger charge is 2.26. The predicted molar refractivity (Wildman–Crippen MR) is 26.4 cm³/mol. The summed E-state index contributed by atoms with van der Waals surface area (Å²) >= 11 is 0. The van der Waals surface area contributed by atoms with Gasteiger partial charge in [-0.15, -0.1) is 0 Å². The van der Waals surface area contributed by atoms with E-state index in [4.69, 9.17) is 26.8 Å². The fourth-order valence-electron chi connectivity index (χ4n) is 0.0935. The lowest BCUT2D eigenvalue weighted by Crippen LogP contribution is -2.57. The van der Waals surface area contributed by atoms with Gasteiger partial charge in [0.1, 0.15) is 6.23 Å². The molecule has 0 fully saturated rings. The summed E-state index contributed by atoms with van der Waals surface area (Å²) in [7, 11) is 0. The van der Waals surface area contributed by atoms with Gasteiger partial charge in [-0.2, -0.15) is 0 Å². The number of hydrogen-bond donors (Lipinski definition) is 5. The van der Waals surface area contributed by atoms with Crippen molar-refractivity contribution in [2.75, 3.05) is 6.61 Å². The lowest BCUT2D eigenvalue weighted by atomic mass is 10.2. The van der Waals surface area contributed by atoms with Gasteiger partial charge in [0.2, 0.25) is 0 Å². The molecule has 0 rings (SSSR count). The van der Waals surface area contributed by atoms with Crippen LogP contribution >= 0.6 is 0 Å². The van der Waals surface area contributed by atoms with Gasteiger partial charge in [-0.05, 0) is 0 Å². The molecule has 0 aliphatic heterocycles. The molecule has 0 aromatic rings. The number of aliphatic hydroxyl groups is 3. The quantitative estimate of drug-likeness (QED) is 0.249. The van der Waals surface area contributed by atoms with Crippen molar-refractivity contribution in [1.29, 1.82) is 0 Å². The molecule has 8 heavy (non-hydrogen) atoms. The van der Waals surface area contributed by atoms with Crippen molar-refractivity contribution in [3.63, 3.8) is 0 Å². The standard InChI is InChI=1S/C3H10N2O3/c4-2(7)3(5,8)1-6/h2,6-8H,1,4-5H2. The maximum atomic E-state index is 8.55. The number of rotatable bonds is 2. The fraction of sp³-hybridized carbons (Fsp3) is 1.00. The van der Waals surface area contributed by atoms with Gasteiger partial charge < -0.3 is 21.1 Å². The Balaban J connectivity index is 3.71. The first-order valence-electron chi connectivity index (χ1n) is 2.06. The minimum absolute atomic E-state index is 0.759. The second kappa shape index (κ2) is 2.38. The zero-order valence-electron chi connectivity index (χ0n) is 4.28. The largest absolute Gasteiger partial charge is 0.392 e. The molecule has 0 saturated carbocycles. The maximum Gasteiger partial charge on any atom is 0.176 e. The van der Waals surface area contributed by atoms with Crippen LogP contribution in [0, 0.1) is 0 Å². The Morgan fingerprint density at radius 2 is 2.00 bits per heavy atom. The molecule has 0 saturated heterocycles. The van der Waals surface area contributed by atoms with Gasteiger partial charge in [-0.3, -0.25) is 5.73 Å². The molecule has 0 radical (unpaired) electrons. The number of hydrogen-bond acceptors (Lipinski definition) is 5. The molecule has 5 nitrogen and oxygen atoms in total. The Hall–Kier alpha value is -0.200. The minimum Gasteiger partial charge on any atom is -0.392 e. The summed E-state index contributed by atoms with van der Waals surface area (Å²) in [6, 6.07) is 0. The third kappa shape index (κ3) is 1.73. The van der Waals surface area contributed by atoms with E-state index in [1.165, 1.54) is 0 Å². The summed E-state index contributed by atoms with van der Waals surface area (Å²) in [4.78, 5) is 0. The second-order valence-corrected chi connectivity index (χ2v) is 1.59. The maximum absolute atomic E-state index is 8.55. The van der Waals surface area contributed by atoms with Crippen LogP contribution in [0.15, 0.2) is 0 Å². The van der Waals surface area contributed by atoms with Crippen molar-refractivity contribution in [1.82, 2.24) is 0 Å². The first-order valence-corrected chi connectivity index (χ1v) is 2.06. The highest BCUT2D eigenvalue weighted by molar-refractivity contribution is 4.73. The average Bonchev–Trinajstić information content (AvgIpc) is 1.67. The Morgan fingerprint density at radius 1 is 1.62 bits per heavy atom. The van der Waals surface area contributed by atoms with E-state index in [0.717, 1.165) is 0 Å². The van der Waals surface area contributed by atoms with Crippen LogP contribution in [0.25, 0.3) is 0 Å². The van der Waals surface area contributed by atoms with Crippen LogP contribution in [0.4, 0.5) is 0 Å². The summed E-state index contributed by atoms with van der Waals surface area (Å²) in [6.45, 7) is -0.759. The Morgan fingerprint density at radius 3 is 2.00 bits per heavy atom. The molecule has 0 aromatic heterocycles. The monoisotopic (exact) mass is 122 g/mol. The normalized spacial score (nSPS) is 22.1. The van der Waals surface area contributed by atoms with E-state index in [-0.39, 0.29) is 0 Å². The third-order valence-electron chi connectivity index (χ3n) is 0.765. The SMILES string of the molecule is NC(O)C(N)(O)CO. The van der Waals surface area contributed by atoms with Crippen molar-refractivity contribution in [2.24, 2.45) is 11.5 Å². The lowest BCUT2D eigenvalue weighted by molar-refractivity contribution is -0.0979. The summed E-state index contributed by atoms with van der Waals surface area (Å²) < 4.78 is 0. The van der Waals surface area contributed by atoms with Crippen LogP contribution < -0.4 is 11.5 Å². The second-order valence-electron chi connectivity index (χ2n) is 1.59.